The SMILES string of the molecule is CN1CCc2cc(NCC(c3ccc(Cl)cc3)N(C)C)ccc21. The normalized spacial score (nSPS) is 14.9. The molecule has 0 aromatic heterocycles. The summed E-state index contributed by atoms with van der Waals surface area (Å²) in [7, 11) is 6.37. The zero-order valence-corrected chi connectivity index (χ0v) is 14.8. The van der Waals surface area contributed by atoms with Crippen molar-refractivity contribution >= 4 is 23.0 Å². The Bertz CT molecular complexity index is 667. The van der Waals surface area contributed by atoms with Gasteiger partial charge in [-0.2, -0.15) is 0 Å². The first-order valence-electron chi connectivity index (χ1n) is 8.04. The Morgan fingerprint density at radius 3 is 2.61 bits per heavy atom. The van der Waals surface area contributed by atoms with Gasteiger partial charge < -0.3 is 15.1 Å². The van der Waals surface area contributed by atoms with Crippen molar-refractivity contribution in [1.29, 1.82) is 0 Å². The highest BCUT2D eigenvalue weighted by molar-refractivity contribution is 6.30. The van der Waals surface area contributed by atoms with Crippen LogP contribution in [0.25, 0.3) is 0 Å². The second-order valence-corrected chi connectivity index (χ2v) is 6.86. The summed E-state index contributed by atoms with van der Waals surface area (Å²) in [6.07, 6.45) is 1.13. The Labute approximate surface area is 143 Å². The predicted octanol–water partition coefficient (Wildman–Crippen LogP) is 4.05. The van der Waals surface area contributed by atoms with Crippen molar-refractivity contribution in [3.05, 3.63) is 58.6 Å². The second-order valence-electron chi connectivity index (χ2n) is 6.43. The fraction of sp³-hybridized carbons (Fsp3) is 0.368. The molecule has 0 bridgehead atoms. The van der Waals surface area contributed by atoms with E-state index in [0.29, 0.717) is 6.04 Å². The van der Waals surface area contributed by atoms with E-state index >= 15 is 0 Å². The van der Waals surface area contributed by atoms with Crippen molar-refractivity contribution in [1.82, 2.24) is 4.90 Å². The lowest BCUT2D eigenvalue weighted by atomic mass is 10.1. The molecule has 0 aliphatic carbocycles. The maximum absolute atomic E-state index is 6.00. The Morgan fingerprint density at radius 2 is 1.91 bits per heavy atom. The van der Waals surface area contributed by atoms with Crippen LogP contribution in [-0.2, 0) is 6.42 Å². The van der Waals surface area contributed by atoms with Crippen LogP contribution >= 0.6 is 11.6 Å². The first-order chi connectivity index (χ1) is 11.0. The quantitative estimate of drug-likeness (QED) is 0.893. The van der Waals surface area contributed by atoms with Crippen LogP contribution in [0, 0.1) is 0 Å². The zero-order chi connectivity index (χ0) is 16.4. The van der Waals surface area contributed by atoms with Crippen LogP contribution in [-0.4, -0.2) is 39.1 Å². The van der Waals surface area contributed by atoms with Gasteiger partial charge in [0.2, 0.25) is 0 Å². The predicted molar refractivity (Wildman–Crippen MR) is 99.8 cm³/mol. The van der Waals surface area contributed by atoms with E-state index in [2.05, 4.69) is 66.6 Å². The van der Waals surface area contributed by atoms with Gasteiger partial charge in [-0.25, -0.2) is 0 Å². The summed E-state index contributed by atoms with van der Waals surface area (Å²) < 4.78 is 0. The van der Waals surface area contributed by atoms with Gasteiger partial charge >= 0.3 is 0 Å². The van der Waals surface area contributed by atoms with E-state index < -0.39 is 0 Å². The first kappa shape index (κ1) is 16.2. The van der Waals surface area contributed by atoms with E-state index in [0.717, 1.165) is 24.5 Å². The maximum atomic E-state index is 6.00. The van der Waals surface area contributed by atoms with Gasteiger partial charge in [0.1, 0.15) is 0 Å². The molecule has 2 aromatic carbocycles. The molecule has 1 aliphatic rings. The van der Waals surface area contributed by atoms with E-state index in [1.165, 1.54) is 22.5 Å². The third-order valence-corrected chi connectivity index (χ3v) is 4.84. The smallest absolute Gasteiger partial charge is 0.0515 e. The number of anilines is 2. The molecule has 1 aliphatic heterocycles. The molecule has 3 rings (SSSR count). The first-order valence-corrected chi connectivity index (χ1v) is 8.42. The molecule has 23 heavy (non-hydrogen) atoms. The minimum atomic E-state index is 0.309. The largest absolute Gasteiger partial charge is 0.383 e. The minimum Gasteiger partial charge on any atom is -0.383 e. The van der Waals surface area contributed by atoms with Gasteiger partial charge in [-0.15, -0.1) is 0 Å². The van der Waals surface area contributed by atoms with Gasteiger partial charge in [-0.05, 0) is 62.0 Å². The summed E-state index contributed by atoms with van der Waals surface area (Å²) >= 11 is 6.00. The number of fused-ring (bicyclic) bond motifs is 1. The lowest BCUT2D eigenvalue weighted by Crippen LogP contribution is -2.26. The lowest BCUT2D eigenvalue weighted by Gasteiger charge is -2.26. The molecule has 0 spiro atoms. The summed E-state index contributed by atoms with van der Waals surface area (Å²) in [6.45, 7) is 1.98. The van der Waals surface area contributed by atoms with Crippen LogP contribution in [0.5, 0.6) is 0 Å². The average Bonchev–Trinajstić information content (AvgIpc) is 2.90. The van der Waals surface area contributed by atoms with Crippen LogP contribution in [0.15, 0.2) is 42.5 Å². The number of benzene rings is 2. The number of nitrogens with zero attached hydrogens (tertiary/aromatic N) is 2. The third kappa shape index (κ3) is 3.62. The van der Waals surface area contributed by atoms with E-state index in [-0.39, 0.29) is 0 Å². The summed E-state index contributed by atoms with van der Waals surface area (Å²) in [5.41, 5.74) is 5.26. The summed E-state index contributed by atoms with van der Waals surface area (Å²) in [5, 5.41) is 4.37. The second kappa shape index (κ2) is 6.81. The fourth-order valence-electron chi connectivity index (χ4n) is 3.17. The van der Waals surface area contributed by atoms with Crippen molar-refractivity contribution in [3.63, 3.8) is 0 Å². The molecule has 3 nitrogen and oxygen atoms in total. The van der Waals surface area contributed by atoms with Gasteiger partial charge in [0, 0.05) is 36.5 Å². The molecule has 4 heteroatoms. The van der Waals surface area contributed by atoms with Gasteiger partial charge in [-0.1, -0.05) is 23.7 Å². The Morgan fingerprint density at radius 1 is 1.17 bits per heavy atom. The van der Waals surface area contributed by atoms with Crippen LogP contribution in [0.1, 0.15) is 17.2 Å². The van der Waals surface area contributed by atoms with Crippen molar-refractivity contribution in [2.45, 2.75) is 12.5 Å². The molecule has 2 aromatic rings. The van der Waals surface area contributed by atoms with Crippen LogP contribution in [0.3, 0.4) is 0 Å². The molecular formula is C19H24ClN3. The van der Waals surface area contributed by atoms with Crippen molar-refractivity contribution < 1.29 is 0 Å². The zero-order valence-electron chi connectivity index (χ0n) is 14.0. The fourth-order valence-corrected chi connectivity index (χ4v) is 3.30. The van der Waals surface area contributed by atoms with E-state index in [1.54, 1.807) is 0 Å². The molecule has 1 atom stereocenters. The maximum Gasteiger partial charge on any atom is 0.0515 e. The molecule has 0 saturated heterocycles. The van der Waals surface area contributed by atoms with E-state index in [4.69, 9.17) is 11.6 Å². The summed E-state index contributed by atoms with van der Waals surface area (Å²) in [5.74, 6) is 0. The van der Waals surface area contributed by atoms with Gasteiger partial charge in [0.15, 0.2) is 0 Å². The van der Waals surface area contributed by atoms with E-state index in [1.807, 2.05) is 12.1 Å². The molecule has 1 N–H and O–H groups in total. The third-order valence-electron chi connectivity index (χ3n) is 4.58. The highest BCUT2D eigenvalue weighted by Gasteiger charge is 2.17. The highest BCUT2D eigenvalue weighted by Crippen LogP contribution is 2.29. The average molecular weight is 330 g/mol. The van der Waals surface area contributed by atoms with Crippen molar-refractivity contribution in [2.75, 3.05) is 44.4 Å². The molecule has 122 valence electrons. The van der Waals surface area contributed by atoms with Crippen LogP contribution < -0.4 is 10.2 Å². The number of halogens is 1. The Hall–Kier alpha value is -1.71. The topological polar surface area (TPSA) is 18.5 Å². The van der Waals surface area contributed by atoms with Gasteiger partial charge in [-0.3, -0.25) is 0 Å². The van der Waals surface area contributed by atoms with Gasteiger partial charge in [0.05, 0.1) is 6.04 Å². The molecular weight excluding hydrogens is 306 g/mol. The van der Waals surface area contributed by atoms with Crippen LogP contribution in [0.2, 0.25) is 5.02 Å². The number of hydrogen-bond donors (Lipinski definition) is 1. The molecule has 0 saturated carbocycles. The monoisotopic (exact) mass is 329 g/mol. The highest BCUT2D eigenvalue weighted by atomic mass is 35.5. The number of likely N-dealkylation sites (N-methyl/N-ethyl adjacent to an activating group) is 2. The van der Waals surface area contributed by atoms with Crippen LogP contribution in [0.4, 0.5) is 11.4 Å². The molecule has 1 heterocycles. The number of rotatable bonds is 5. The van der Waals surface area contributed by atoms with Crippen molar-refractivity contribution in [2.24, 2.45) is 0 Å². The summed E-state index contributed by atoms with van der Waals surface area (Å²) in [4.78, 5) is 4.55. The lowest BCUT2D eigenvalue weighted by molar-refractivity contribution is 0.312. The molecule has 0 fully saturated rings. The Balaban J connectivity index is 1.71. The Kier molecular flexibility index (Phi) is 4.79. The molecule has 0 amide bonds. The van der Waals surface area contributed by atoms with E-state index in [9.17, 15) is 0 Å². The molecule has 1 unspecified atom stereocenters. The minimum absolute atomic E-state index is 0.309. The van der Waals surface area contributed by atoms with Gasteiger partial charge in [0.25, 0.3) is 0 Å². The standard InChI is InChI=1S/C19H24ClN3/c1-22(2)19(14-4-6-16(20)7-5-14)13-21-17-8-9-18-15(12-17)10-11-23(18)3/h4-9,12,19,21H,10-11,13H2,1-3H3. The summed E-state index contributed by atoms with van der Waals surface area (Å²) in [6, 6.07) is 15.1. The van der Waals surface area contributed by atoms with Crippen molar-refractivity contribution in [3.8, 4) is 0 Å². The number of hydrogen-bond acceptors (Lipinski definition) is 3. The number of nitrogens with one attached hydrogen (secondary N) is 1. The molecule has 0 radical (unpaired) electrons.